The lowest BCUT2D eigenvalue weighted by atomic mass is 10.3. The first kappa shape index (κ1) is 15.8. The molecule has 0 radical (unpaired) electrons. The molecule has 0 amide bonds. The Balaban J connectivity index is 2.60. The Morgan fingerprint density at radius 3 is 2.72 bits per heavy atom. The summed E-state index contributed by atoms with van der Waals surface area (Å²) in [6.45, 7) is 0.457. The number of nitrogens with two attached hydrogens (primary N) is 1. The molecule has 4 nitrogen and oxygen atoms in total. The van der Waals surface area contributed by atoms with Crippen LogP contribution in [0.25, 0.3) is 0 Å². The average molecular weight is 353 g/mol. The number of rotatable bonds is 7. The smallest absolute Gasteiger partial charge is 0.240 e. The van der Waals surface area contributed by atoms with Crippen LogP contribution in [0.15, 0.2) is 27.6 Å². The second-order valence-electron chi connectivity index (χ2n) is 3.78. The summed E-state index contributed by atoms with van der Waals surface area (Å²) in [6.07, 6.45) is 3.88. The molecule has 0 aliphatic carbocycles. The molecule has 1 aromatic carbocycles. The normalized spacial score (nSPS) is 11.7. The van der Waals surface area contributed by atoms with E-state index in [0.717, 1.165) is 18.6 Å². The van der Waals surface area contributed by atoms with Gasteiger partial charge in [0.05, 0.1) is 4.90 Å². The van der Waals surface area contributed by atoms with Crippen LogP contribution in [0.2, 0.25) is 0 Å². The number of hydrogen-bond acceptors (Lipinski definition) is 4. The largest absolute Gasteiger partial charge is 0.398 e. The van der Waals surface area contributed by atoms with Gasteiger partial charge in [-0.2, -0.15) is 11.8 Å². The minimum absolute atomic E-state index is 0.202. The summed E-state index contributed by atoms with van der Waals surface area (Å²) in [6, 6.07) is 4.62. The van der Waals surface area contributed by atoms with Crippen molar-refractivity contribution >= 4 is 43.4 Å². The zero-order valence-corrected chi connectivity index (χ0v) is 13.4. The maximum atomic E-state index is 11.9. The van der Waals surface area contributed by atoms with Gasteiger partial charge in [-0.05, 0) is 59.0 Å². The number of anilines is 1. The fourth-order valence-electron chi connectivity index (χ4n) is 1.35. The SMILES string of the molecule is CSCCCCNS(=O)(=O)c1ccc(Br)c(N)c1. The zero-order chi connectivity index (χ0) is 13.6. The fourth-order valence-corrected chi connectivity index (χ4v) is 3.20. The number of sulfonamides is 1. The lowest BCUT2D eigenvalue weighted by Crippen LogP contribution is -2.25. The summed E-state index contributed by atoms with van der Waals surface area (Å²) >= 11 is 5.00. The van der Waals surface area contributed by atoms with E-state index in [4.69, 9.17) is 5.73 Å². The molecule has 1 rings (SSSR count). The van der Waals surface area contributed by atoms with E-state index in [2.05, 4.69) is 20.7 Å². The van der Waals surface area contributed by atoms with Crippen molar-refractivity contribution in [2.45, 2.75) is 17.7 Å². The first-order valence-corrected chi connectivity index (χ1v) is 9.18. The number of halogens is 1. The van der Waals surface area contributed by atoms with Crippen molar-refractivity contribution in [3.05, 3.63) is 22.7 Å². The van der Waals surface area contributed by atoms with Gasteiger partial charge in [-0.15, -0.1) is 0 Å². The highest BCUT2D eigenvalue weighted by Crippen LogP contribution is 2.22. The zero-order valence-electron chi connectivity index (χ0n) is 10.1. The van der Waals surface area contributed by atoms with E-state index in [9.17, 15) is 8.42 Å². The highest BCUT2D eigenvalue weighted by molar-refractivity contribution is 9.10. The summed E-state index contributed by atoms with van der Waals surface area (Å²) in [5.41, 5.74) is 6.09. The third-order valence-electron chi connectivity index (χ3n) is 2.35. The number of hydrogen-bond donors (Lipinski definition) is 2. The average Bonchev–Trinajstić information content (AvgIpc) is 2.32. The first-order valence-electron chi connectivity index (χ1n) is 5.51. The lowest BCUT2D eigenvalue weighted by molar-refractivity contribution is 0.578. The maximum absolute atomic E-state index is 11.9. The van der Waals surface area contributed by atoms with Gasteiger partial charge in [0.15, 0.2) is 0 Å². The highest BCUT2D eigenvalue weighted by atomic mass is 79.9. The Bertz CT molecular complexity index is 492. The molecule has 3 N–H and O–H groups in total. The molecule has 0 spiro atoms. The van der Waals surface area contributed by atoms with Crippen LogP contribution in [0.3, 0.4) is 0 Å². The van der Waals surface area contributed by atoms with Crippen LogP contribution in [-0.4, -0.2) is 27.0 Å². The molecule has 0 saturated heterocycles. The van der Waals surface area contributed by atoms with Gasteiger partial charge in [0, 0.05) is 16.7 Å². The summed E-state index contributed by atoms with van der Waals surface area (Å²) in [7, 11) is -3.44. The van der Waals surface area contributed by atoms with E-state index in [-0.39, 0.29) is 4.90 Å². The maximum Gasteiger partial charge on any atom is 0.240 e. The third-order valence-corrected chi connectivity index (χ3v) is 5.22. The predicted molar refractivity (Wildman–Crippen MR) is 81.4 cm³/mol. The molecule has 0 aliphatic rings. The van der Waals surface area contributed by atoms with Gasteiger partial charge >= 0.3 is 0 Å². The van der Waals surface area contributed by atoms with Gasteiger partial charge in [0.2, 0.25) is 10.0 Å². The van der Waals surface area contributed by atoms with E-state index < -0.39 is 10.0 Å². The van der Waals surface area contributed by atoms with E-state index in [0.29, 0.717) is 16.7 Å². The van der Waals surface area contributed by atoms with Crippen molar-refractivity contribution in [1.29, 1.82) is 0 Å². The molecule has 7 heteroatoms. The summed E-state index contributed by atoms with van der Waals surface area (Å²) in [5.74, 6) is 1.05. The second-order valence-corrected chi connectivity index (χ2v) is 7.39. The van der Waals surface area contributed by atoms with Gasteiger partial charge < -0.3 is 5.73 Å². The van der Waals surface area contributed by atoms with E-state index in [1.807, 2.05) is 6.26 Å². The van der Waals surface area contributed by atoms with Crippen LogP contribution in [0.1, 0.15) is 12.8 Å². The first-order chi connectivity index (χ1) is 8.47. The molecule has 0 fully saturated rings. The van der Waals surface area contributed by atoms with Crippen molar-refractivity contribution in [3.63, 3.8) is 0 Å². The fraction of sp³-hybridized carbons (Fsp3) is 0.455. The van der Waals surface area contributed by atoms with Gasteiger partial charge in [-0.3, -0.25) is 0 Å². The minimum atomic E-state index is -3.44. The standard InChI is InChI=1S/C11H17BrN2O2S2/c1-17-7-3-2-6-14-18(15,16)9-4-5-10(12)11(13)8-9/h4-5,8,14H,2-3,6-7,13H2,1H3. The van der Waals surface area contributed by atoms with Gasteiger partial charge in [0.25, 0.3) is 0 Å². The van der Waals surface area contributed by atoms with Crippen LogP contribution in [0.4, 0.5) is 5.69 Å². The number of benzene rings is 1. The topological polar surface area (TPSA) is 72.2 Å². The Morgan fingerprint density at radius 1 is 1.39 bits per heavy atom. The van der Waals surface area contributed by atoms with Crippen LogP contribution in [-0.2, 0) is 10.0 Å². The van der Waals surface area contributed by atoms with Crippen LogP contribution in [0, 0.1) is 0 Å². The van der Waals surface area contributed by atoms with Crippen molar-refractivity contribution in [2.75, 3.05) is 24.3 Å². The van der Waals surface area contributed by atoms with Crippen LogP contribution >= 0.6 is 27.7 Å². The number of unbranched alkanes of at least 4 members (excludes halogenated alkanes) is 1. The quantitative estimate of drug-likeness (QED) is 0.583. The number of nitrogens with one attached hydrogen (secondary N) is 1. The molecular weight excluding hydrogens is 336 g/mol. The molecule has 0 saturated carbocycles. The molecule has 18 heavy (non-hydrogen) atoms. The van der Waals surface area contributed by atoms with Crippen LogP contribution < -0.4 is 10.5 Å². The predicted octanol–water partition coefficient (Wildman–Crippen LogP) is 2.45. The number of nitrogen functional groups attached to an aromatic ring is 1. The van der Waals surface area contributed by atoms with E-state index in [1.165, 1.54) is 12.1 Å². The Kier molecular flexibility index (Phi) is 6.48. The molecule has 1 aromatic rings. The molecule has 0 unspecified atom stereocenters. The molecule has 0 bridgehead atoms. The Morgan fingerprint density at radius 2 is 2.11 bits per heavy atom. The van der Waals surface area contributed by atoms with Crippen LogP contribution in [0.5, 0.6) is 0 Å². The summed E-state index contributed by atoms with van der Waals surface area (Å²) in [5, 5.41) is 0. The lowest BCUT2D eigenvalue weighted by Gasteiger charge is -2.08. The van der Waals surface area contributed by atoms with E-state index >= 15 is 0 Å². The molecule has 0 atom stereocenters. The van der Waals surface area contributed by atoms with E-state index in [1.54, 1.807) is 17.8 Å². The Hall–Kier alpha value is -0.240. The molecular formula is C11H17BrN2O2S2. The van der Waals surface area contributed by atoms with Crippen molar-refractivity contribution in [1.82, 2.24) is 4.72 Å². The minimum Gasteiger partial charge on any atom is -0.398 e. The summed E-state index contributed by atoms with van der Waals surface area (Å²) in [4.78, 5) is 0.202. The molecule has 0 heterocycles. The van der Waals surface area contributed by atoms with Crippen molar-refractivity contribution in [2.24, 2.45) is 0 Å². The highest BCUT2D eigenvalue weighted by Gasteiger charge is 2.14. The third kappa shape index (κ3) is 4.79. The van der Waals surface area contributed by atoms with Gasteiger partial charge in [-0.1, -0.05) is 0 Å². The second kappa shape index (κ2) is 7.37. The summed E-state index contributed by atoms with van der Waals surface area (Å²) < 4.78 is 27.2. The van der Waals surface area contributed by atoms with Gasteiger partial charge in [0.1, 0.15) is 0 Å². The van der Waals surface area contributed by atoms with Gasteiger partial charge in [-0.25, -0.2) is 13.1 Å². The molecule has 0 aliphatic heterocycles. The molecule has 0 aromatic heterocycles. The van der Waals surface area contributed by atoms with Crippen molar-refractivity contribution in [3.8, 4) is 0 Å². The molecule has 102 valence electrons. The van der Waals surface area contributed by atoms with Crippen molar-refractivity contribution < 1.29 is 8.42 Å². The Labute approximate surface area is 121 Å². The monoisotopic (exact) mass is 352 g/mol. The number of thioether (sulfide) groups is 1.